The van der Waals surface area contributed by atoms with Gasteiger partial charge in [-0.05, 0) is 24.3 Å². The van der Waals surface area contributed by atoms with Gasteiger partial charge in [0.15, 0.2) is 5.13 Å². The molecule has 0 saturated heterocycles. The molecule has 0 aliphatic carbocycles. The van der Waals surface area contributed by atoms with Gasteiger partial charge in [0.1, 0.15) is 12.4 Å². The second-order valence-corrected chi connectivity index (χ2v) is 9.23. The number of carbonyl (C=O) groups is 2. The number of thiazole rings is 1. The van der Waals surface area contributed by atoms with Crippen molar-refractivity contribution in [3.63, 3.8) is 0 Å². The molecule has 0 saturated carbocycles. The molecule has 0 aliphatic heterocycles. The molecule has 1 heterocycles. The Hall–Kier alpha value is -3.44. The smallest absolute Gasteiger partial charge is 0.340 e. The lowest BCUT2D eigenvalue weighted by Crippen LogP contribution is -2.23. The zero-order valence-electron chi connectivity index (χ0n) is 17.6. The Balaban J connectivity index is 1.77. The topological polar surface area (TPSA) is 115 Å². The van der Waals surface area contributed by atoms with Crippen LogP contribution in [0.4, 0.5) is 16.5 Å². The van der Waals surface area contributed by atoms with Gasteiger partial charge in [-0.2, -0.15) is 0 Å². The highest BCUT2D eigenvalue weighted by atomic mass is 32.2. The molecule has 0 spiro atoms. The van der Waals surface area contributed by atoms with E-state index in [0.29, 0.717) is 22.3 Å². The number of methoxy groups -OCH3 is 1. The summed E-state index contributed by atoms with van der Waals surface area (Å²) in [5.74, 6) is -0.450. The van der Waals surface area contributed by atoms with Crippen molar-refractivity contribution in [3.05, 3.63) is 65.2 Å². The number of sulfonamides is 1. The molecular formula is C21H21N3O6S2. The van der Waals surface area contributed by atoms with E-state index in [1.165, 1.54) is 42.4 Å². The number of benzene rings is 2. The van der Waals surface area contributed by atoms with Crippen molar-refractivity contribution in [2.75, 3.05) is 23.0 Å². The maximum Gasteiger partial charge on any atom is 0.340 e. The minimum absolute atomic E-state index is 0.0766. The molecule has 0 radical (unpaired) electrons. The Labute approximate surface area is 189 Å². The first-order valence-corrected chi connectivity index (χ1v) is 12.1. The normalized spacial score (nSPS) is 11.0. The number of nitrogens with one attached hydrogen (secondary N) is 1. The van der Waals surface area contributed by atoms with E-state index >= 15 is 0 Å². The fraction of sp³-hybridized carbons (Fsp3) is 0.190. The fourth-order valence-corrected chi connectivity index (χ4v) is 4.30. The lowest BCUT2D eigenvalue weighted by atomic mass is 10.2. The van der Waals surface area contributed by atoms with Crippen LogP contribution in [0, 0.1) is 0 Å². The van der Waals surface area contributed by atoms with Crippen LogP contribution < -0.4 is 14.4 Å². The summed E-state index contributed by atoms with van der Waals surface area (Å²) in [6, 6.07) is 13.2. The van der Waals surface area contributed by atoms with E-state index in [0.717, 1.165) is 6.26 Å². The summed E-state index contributed by atoms with van der Waals surface area (Å²) < 4.78 is 36.0. The third-order valence-corrected chi connectivity index (χ3v) is 5.63. The van der Waals surface area contributed by atoms with E-state index in [1.54, 1.807) is 41.8 Å². The summed E-state index contributed by atoms with van der Waals surface area (Å²) in [4.78, 5) is 30.7. The molecule has 1 aromatic heterocycles. The van der Waals surface area contributed by atoms with Gasteiger partial charge >= 0.3 is 5.97 Å². The van der Waals surface area contributed by atoms with Crippen LogP contribution in [-0.4, -0.2) is 38.6 Å². The predicted molar refractivity (Wildman–Crippen MR) is 122 cm³/mol. The number of amides is 1. The molecule has 1 amide bonds. The Bertz CT molecular complexity index is 1240. The molecular weight excluding hydrogens is 454 g/mol. The Morgan fingerprint density at radius 3 is 2.50 bits per heavy atom. The number of aromatic nitrogens is 1. The molecule has 0 atom stereocenters. The number of esters is 1. The van der Waals surface area contributed by atoms with Crippen LogP contribution >= 0.6 is 11.3 Å². The largest absolute Gasteiger partial charge is 0.495 e. The number of rotatable bonds is 8. The zero-order chi connectivity index (χ0) is 23.3. The molecule has 168 valence electrons. The molecule has 9 nitrogen and oxygen atoms in total. The lowest BCUT2D eigenvalue weighted by molar-refractivity contribution is -0.115. The van der Waals surface area contributed by atoms with Gasteiger partial charge in [0.2, 0.25) is 15.9 Å². The minimum Gasteiger partial charge on any atom is -0.495 e. The minimum atomic E-state index is -3.56. The summed E-state index contributed by atoms with van der Waals surface area (Å²) in [5, 5.41) is 2.07. The van der Waals surface area contributed by atoms with Crippen molar-refractivity contribution in [3.8, 4) is 5.75 Å². The fourth-order valence-electron chi connectivity index (χ4n) is 2.85. The Morgan fingerprint density at radius 1 is 1.12 bits per heavy atom. The highest BCUT2D eigenvalue weighted by molar-refractivity contribution is 7.92. The molecule has 11 heteroatoms. The van der Waals surface area contributed by atoms with Crippen LogP contribution in [0.2, 0.25) is 0 Å². The van der Waals surface area contributed by atoms with Crippen molar-refractivity contribution in [2.45, 2.75) is 13.5 Å². The van der Waals surface area contributed by atoms with Crippen LogP contribution in [0.15, 0.2) is 53.9 Å². The number of anilines is 3. The SMILES string of the molecule is COc1ccccc1N(C(C)=O)c1nc(COC(=O)c2ccccc2NS(C)(=O)=O)cs1. The van der Waals surface area contributed by atoms with Crippen molar-refractivity contribution in [1.82, 2.24) is 4.98 Å². The van der Waals surface area contributed by atoms with E-state index < -0.39 is 16.0 Å². The predicted octanol–water partition coefficient (Wildman–Crippen LogP) is 3.56. The van der Waals surface area contributed by atoms with Crippen molar-refractivity contribution in [1.29, 1.82) is 0 Å². The van der Waals surface area contributed by atoms with Gasteiger partial charge in [-0.3, -0.25) is 14.4 Å². The number of hydrogen-bond donors (Lipinski definition) is 1. The summed E-state index contributed by atoms with van der Waals surface area (Å²) in [7, 11) is -2.05. The van der Waals surface area contributed by atoms with Crippen molar-refractivity contribution < 1.29 is 27.5 Å². The molecule has 0 unspecified atom stereocenters. The summed E-state index contributed by atoms with van der Waals surface area (Å²) >= 11 is 1.21. The molecule has 1 N–H and O–H groups in total. The second-order valence-electron chi connectivity index (χ2n) is 6.64. The van der Waals surface area contributed by atoms with E-state index in [-0.39, 0.29) is 23.8 Å². The molecule has 0 aliphatic rings. The molecule has 0 bridgehead atoms. The summed E-state index contributed by atoms with van der Waals surface area (Å²) in [6.07, 6.45) is 0.994. The zero-order valence-corrected chi connectivity index (χ0v) is 19.2. The van der Waals surface area contributed by atoms with Gasteiger partial charge in [-0.25, -0.2) is 18.2 Å². The van der Waals surface area contributed by atoms with E-state index in [1.807, 2.05) is 0 Å². The van der Waals surface area contributed by atoms with Crippen LogP contribution in [0.1, 0.15) is 23.0 Å². The number of para-hydroxylation sites is 3. The van der Waals surface area contributed by atoms with Crippen LogP contribution in [0.5, 0.6) is 5.75 Å². The van der Waals surface area contributed by atoms with Gasteiger partial charge < -0.3 is 9.47 Å². The Kier molecular flexibility index (Phi) is 7.11. The molecule has 32 heavy (non-hydrogen) atoms. The number of hydrogen-bond acceptors (Lipinski definition) is 8. The molecule has 3 rings (SSSR count). The van der Waals surface area contributed by atoms with E-state index in [4.69, 9.17) is 9.47 Å². The van der Waals surface area contributed by atoms with Gasteiger partial charge in [-0.15, -0.1) is 11.3 Å². The van der Waals surface area contributed by atoms with E-state index in [2.05, 4.69) is 9.71 Å². The van der Waals surface area contributed by atoms with Crippen LogP contribution in [0.25, 0.3) is 0 Å². The third kappa shape index (κ3) is 5.62. The average Bonchev–Trinajstić information content (AvgIpc) is 3.20. The first-order chi connectivity index (χ1) is 15.2. The highest BCUT2D eigenvalue weighted by Crippen LogP contribution is 2.35. The highest BCUT2D eigenvalue weighted by Gasteiger charge is 2.22. The molecule has 0 fully saturated rings. The molecule has 2 aromatic carbocycles. The monoisotopic (exact) mass is 475 g/mol. The maximum absolute atomic E-state index is 12.5. The Morgan fingerprint density at radius 2 is 1.81 bits per heavy atom. The standard InChI is InChI=1S/C21H21N3O6S2/c1-14(25)24(18-10-6-7-11-19(18)29-2)21-22-15(13-31-21)12-30-20(26)16-8-4-5-9-17(16)23-32(3,27)28/h4-11,13,23H,12H2,1-3H3. The van der Waals surface area contributed by atoms with Gasteiger partial charge in [0, 0.05) is 12.3 Å². The van der Waals surface area contributed by atoms with Gasteiger partial charge in [0.25, 0.3) is 0 Å². The summed E-state index contributed by atoms with van der Waals surface area (Å²) in [5.41, 5.74) is 1.18. The first-order valence-electron chi connectivity index (χ1n) is 9.31. The van der Waals surface area contributed by atoms with E-state index in [9.17, 15) is 18.0 Å². The number of ether oxygens (including phenoxy) is 2. The summed E-state index contributed by atoms with van der Waals surface area (Å²) in [6.45, 7) is 1.26. The molecule has 3 aromatic rings. The second kappa shape index (κ2) is 9.79. The van der Waals surface area contributed by atoms with Gasteiger partial charge in [0.05, 0.1) is 36.0 Å². The van der Waals surface area contributed by atoms with Crippen LogP contribution in [0.3, 0.4) is 0 Å². The third-order valence-electron chi connectivity index (χ3n) is 4.17. The van der Waals surface area contributed by atoms with Crippen molar-refractivity contribution >= 4 is 49.7 Å². The van der Waals surface area contributed by atoms with Crippen molar-refractivity contribution in [2.24, 2.45) is 0 Å². The average molecular weight is 476 g/mol. The lowest BCUT2D eigenvalue weighted by Gasteiger charge is -2.20. The quantitative estimate of drug-likeness (QED) is 0.495. The maximum atomic E-state index is 12.5. The number of carbonyl (C=O) groups excluding carboxylic acids is 2. The van der Waals surface area contributed by atoms with Gasteiger partial charge in [-0.1, -0.05) is 24.3 Å². The first kappa shape index (κ1) is 23.2. The number of nitrogens with zero attached hydrogens (tertiary/aromatic N) is 2. The van der Waals surface area contributed by atoms with Crippen LogP contribution in [-0.2, 0) is 26.2 Å².